The number of hydrogen-bond acceptors (Lipinski definition) is 3. The molecule has 0 spiro atoms. The number of nitrogens with zero attached hydrogens (tertiary/aromatic N) is 1. The third-order valence-corrected chi connectivity index (χ3v) is 5.41. The molecule has 0 aliphatic heterocycles. The standard InChI is InChI=1S/C28H32N2O3/c1-21(2)29-28(32)26(18-23-13-6-4-7-14-23)30(19-24-15-11-10-12-22(24)3)27(31)20-33-25-16-8-5-9-17-25/h4-17,21,26H,18-20H2,1-3H3,(H,29,32). The van der Waals surface area contributed by atoms with Gasteiger partial charge in [0.2, 0.25) is 5.91 Å². The summed E-state index contributed by atoms with van der Waals surface area (Å²) >= 11 is 0. The highest BCUT2D eigenvalue weighted by Gasteiger charge is 2.31. The fourth-order valence-corrected chi connectivity index (χ4v) is 3.65. The van der Waals surface area contributed by atoms with Crippen LogP contribution in [-0.4, -0.2) is 35.4 Å². The minimum absolute atomic E-state index is 0.0354. The summed E-state index contributed by atoms with van der Waals surface area (Å²) in [6, 6.07) is 26.2. The van der Waals surface area contributed by atoms with Crippen molar-refractivity contribution in [2.24, 2.45) is 0 Å². The van der Waals surface area contributed by atoms with E-state index in [-0.39, 0.29) is 24.5 Å². The molecule has 0 aliphatic rings. The summed E-state index contributed by atoms with van der Waals surface area (Å²) in [5.41, 5.74) is 3.07. The van der Waals surface area contributed by atoms with E-state index in [0.29, 0.717) is 18.7 Å². The summed E-state index contributed by atoms with van der Waals surface area (Å²) in [5.74, 6) is 0.213. The van der Waals surface area contributed by atoms with Crippen molar-refractivity contribution >= 4 is 11.8 Å². The van der Waals surface area contributed by atoms with Crippen LogP contribution in [0.3, 0.4) is 0 Å². The number of nitrogens with one attached hydrogen (secondary N) is 1. The number of rotatable bonds is 10. The number of amides is 2. The molecule has 1 atom stereocenters. The van der Waals surface area contributed by atoms with Crippen molar-refractivity contribution in [1.29, 1.82) is 0 Å². The maximum atomic E-state index is 13.5. The van der Waals surface area contributed by atoms with E-state index in [9.17, 15) is 9.59 Å². The fourth-order valence-electron chi connectivity index (χ4n) is 3.65. The maximum absolute atomic E-state index is 13.5. The Morgan fingerprint density at radius 1 is 0.879 bits per heavy atom. The first-order chi connectivity index (χ1) is 15.9. The van der Waals surface area contributed by atoms with Crippen molar-refractivity contribution < 1.29 is 14.3 Å². The van der Waals surface area contributed by atoms with Crippen LogP contribution in [0.5, 0.6) is 5.75 Å². The van der Waals surface area contributed by atoms with Gasteiger partial charge in [0.1, 0.15) is 11.8 Å². The van der Waals surface area contributed by atoms with Crippen LogP contribution in [0.4, 0.5) is 0 Å². The van der Waals surface area contributed by atoms with Crippen LogP contribution >= 0.6 is 0 Å². The Labute approximate surface area is 196 Å². The molecule has 0 aromatic heterocycles. The normalized spacial score (nSPS) is 11.6. The van der Waals surface area contributed by atoms with E-state index in [2.05, 4.69) is 5.32 Å². The molecule has 3 rings (SSSR count). The van der Waals surface area contributed by atoms with Gasteiger partial charge in [-0.3, -0.25) is 9.59 Å². The lowest BCUT2D eigenvalue weighted by Gasteiger charge is -2.32. The molecule has 172 valence electrons. The minimum Gasteiger partial charge on any atom is -0.484 e. The van der Waals surface area contributed by atoms with Crippen LogP contribution in [0.25, 0.3) is 0 Å². The molecule has 3 aromatic rings. The number of carbonyl (C=O) groups is 2. The Morgan fingerprint density at radius 3 is 2.12 bits per heavy atom. The zero-order chi connectivity index (χ0) is 23.6. The van der Waals surface area contributed by atoms with Crippen LogP contribution in [-0.2, 0) is 22.6 Å². The highest BCUT2D eigenvalue weighted by Crippen LogP contribution is 2.18. The van der Waals surface area contributed by atoms with Gasteiger partial charge in [0.05, 0.1) is 0 Å². The minimum atomic E-state index is -0.665. The van der Waals surface area contributed by atoms with Crippen molar-refractivity contribution in [2.75, 3.05) is 6.61 Å². The summed E-state index contributed by atoms with van der Waals surface area (Å²) in [4.78, 5) is 28.4. The number of aryl methyl sites for hydroxylation is 1. The second-order valence-corrected chi connectivity index (χ2v) is 8.42. The molecule has 0 saturated carbocycles. The van der Waals surface area contributed by atoms with E-state index in [1.807, 2.05) is 106 Å². The SMILES string of the molecule is Cc1ccccc1CN(C(=O)COc1ccccc1)C(Cc1ccccc1)C(=O)NC(C)C. The monoisotopic (exact) mass is 444 g/mol. The first-order valence-electron chi connectivity index (χ1n) is 11.3. The number of carbonyl (C=O) groups excluding carboxylic acids is 2. The number of benzene rings is 3. The summed E-state index contributed by atoms with van der Waals surface area (Å²) in [6.45, 7) is 6.04. The molecule has 1 N–H and O–H groups in total. The predicted octanol–water partition coefficient (Wildman–Crippen LogP) is 4.54. The molecule has 0 bridgehead atoms. The van der Waals surface area contributed by atoms with Gasteiger partial charge in [0.15, 0.2) is 6.61 Å². The largest absolute Gasteiger partial charge is 0.484 e. The Morgan fingerprint density at radius 2 is 1.48 bits per heavy atom. The third kappa shape index (κ3) is 7.21. The second-order valence-electron chi connectivity index (χ2n) is 8.42. The average Bonchev–Trinajstić information content (AvgIpc) is 2.81. The van der Waals surface area contributed by atoms with Gasteiger partial charge < -0.3 is 15.0 Å². The molecule has 0 saturated heterocycles. The smallest absolute Gasteiger partial charge is 0.261 e. The van der Waals surface area contributed by atoms with Gasteiger partial charge in [-0.05, 0) is 49.6 Å². The van der Waals surface area contributed by atoms with E-state index in [1.165, 1.54) is 0 Å². The van der Waals surface area contributed by atoms with Crippen molar-refractivity contribution in [3.05, 3.63) is 102 Å². The lowest BCUT2D eigenvalue weighted by molar-refractivity contribution is -0.143. The van der Waals surface area contributed by atoms with E-state index < -0.39 is 6.04 Å². The zero-order valence-electron chi connectivity index (χ0n) is 19.5. The van der Waals surface area contributed by atoms with Crippen molar-refractivity contribution in [3.8, 4) is 5.75 Å². The molecule has 5 nitrogen and oxygen atoms in total. The van der Waals surface area contributed by atoms with Crippen LogP contribution in [0.2, 0.25) is 0 Å². The lowest BCUT2D eigenvalue weighted by atomic mass is 10.0. The third-order valence-electron chi connectivity index (χ3n) is 5.41. The van der Waals surface area contributed by atoms with Crippen molar-refractivity contribution in [2.45, 2.75) is 45.8 Å². The van der Waals surface area contributed by atoms with Crippen LogP contribution in [0, 0.1) is 6.92 Å². The van der Waals surface area contributed by atoms with Crippen LogP contribution < -0.4 is 10.1 Å². The number of ether oxygens (including phenoxy) is 1. The first kappa shape index (κ1) is 24.1. The Kier molecular flexibility index (Phi) is 8.64. The lowest BCUT2D eigenvalue weighted by Crippen LogP contribution is -2.52. The molecule has 0 aliphatic carbocycles. The quantitative estimate of drug-likeness (QED) is 0.500. The zero-order valence-corrected chi connectivity index (χ0v) is 19.5. The Hall–Kier alpha value is -3.60. The predicted molar refractivity (Wildman–Crippen MR) is 131 cm³/mol. The van der Waals surface area contributed by atoms with Crippen LogP contribution in [0.1, 0.15) is 30.5 Å². The molecule has 0 radical (unpaired) electrons. The molecule has 0 heterocycles. The van der Waals surface area contributed by atoms with Crippen molar-refractivity contribution in [1.82, 2.24) is 10.2 Å². The molecule has 1 unspecified atom stereocenters. The topological polar surface area (TPSA) is 58.6 Å². The van der Waals surface area contributed by atoms with Crippen LogP contribution in [0.15, 0.2) is 84.9 Å². The molecular weight excluding hydrogens is 412 g/mol. The highest BCUT2D eigenvalue weighted by atomic mass is 16.5. The fraction of sp³-hybridized carbons (Fsp3) is 0.286. The van der Waals surface area contributed by atoms with E-state index in [1.54, 1.807) is 4.90 Å². The van der Waals surface area contributed by atoms with Gasteiger partial charge in [0.25, 0.3) is 5.91 Å². The van der Waals surface area contributed by atoms with Gasteiger partial charge in [-0.15, -0.1) is 0 Å². The molecule has 3 aromatic carbocycles. The van der Waals surface area contributed by atoms with Gasteiger partial charge in [-0.2, -0.15) is 0 Å². The van der Waals surface area contributed by atoms with Gasteiger partial charge in [0, 0.05) is 19.0 Å². The molecule has 2 amide bonds. The second kappa shape index (κ2) is 11.9. The number of hydrogen-bond donors (Lipinski definition) is 1. The highest BCUT2D eigenvalue weighted by molar-refractivity contribution is 5.88. The summed E-state index contributed by atoms with van der Waals surface area (Å²) in [7, 11) is 0. The Balaban J connectivity index is 1.91. The van der Waals surface area contributed by atoms with E-state index in [0.717, 1.165) is 16.7 Å². The van der Waals surface area contributed by atoms with E-state index in [4.69, 9.17) is 4.74 Å². The van der Waals surface area contributed by atoms with E-state index >= 15 is 0 Å². The molecule has 33 heavy (non-hydrogen) atoms. The van der Waals surface area contributed by atoms with Crippen molar-refractivity contribution in [3.63, 3.8) is 0 Å². The van der Waals surface area contributed by atoms with Gasteiger partial charge >= 0.3 is 0 Å². The summed E-state index contributed by atoms with van der Waals surface area (Å²) in [5, 5.41) is 3.00. The molecule has 0 fully saturated rings. The molecular formula is C28H32N2O3. The summed E-state index contributed by atoms with van der Waals surface area (Å²) in [6.07, 6.45) is 0.419. The maximum Gasteiger partial charge on any atom is 0.261 e. The molecule has 5 heteroatoms. The van der Waals surface area contributed by atoms with Gasteiger partial charge in [-0.1, -0.05) is 72.8 Å². The Bertz CT molecular complexity index is 1040. The number of para-hydroxylation sites is 1. The first-order valence-corrected chi connectivity index (χ1v) is 11.3. The summed E-state index contributed by atoms with van der Waals surface area (Å²) < 4.78 is 5.76. The van der Waals surface area contributed by atoms with Gasteiger partial charge in [-0.25, -0.2) is 0 Å². The average molecular weight is 445 g/mol.